The van der Waals surface area contributed by atoms with Crippen molar-refractivity contribution >= 4 is 6.08 Å². The maximum Gasteiger partial charge on any atom is 0.126 e. The van der Waals surface area contributed by atoms with Crippen LogP contribution in [0.1, 0.15) is 5.56 Å². The second-order valence-electron chi connectivity index (χ2n) is 3.40. The smallest absolute Gasteiger partial charge is 0.126 e. The summed E-state index contributed by atoms with van der Waals surface area (Å²) in [4.78, 5) is 3.99. The molecule has 0 unspecified atom stereocenters. The van der Waals surface area contributed by atoms with Crippen LogP contribution in [0.25, 0.3) is 6.08 Å². The standard InChI is InChI=1S/C13H14N2O/c1-16-13-7-3-2-5-12(13)6-4-9-15-10-8-14-11-15/h2-8,10-11H,9H2,1H3/b6-4+. The molecule has 0 N–H and O–H groups in total. The average molecular weight is 214 g/mol. The summed E-state index contributed by atoms with van der Waals surface area (Å²) in [5, 5.41) is 0. The zero-order valence-corrected chi connectivity index (χ0v) is 9.21. The van der Waals surface area contributed by atoms with Crippen LogP contribution in [0.3, 0.4) is 0 Å². The number of hydrogen-bond donors (Lipinski definition) is 0. The number of aromatic nitrogens is 2. The van der Waals surface area contributed by atoms with Gasteiger partial charge in [0.2, 0.25) is 0 Å². The van der Waals surface area contributed by atoms with Crippen molar-refractivity contribution in [3.63, 3.8) is 0 Å². The van der Waals surface area contributed by atoms with Crippen molar-refractivity contribution in [3.8, 4) is 5.75 Å². The summed E-state index contributed by atoms with van der Waals surface area (Å²) >= 11 is 0. The van der Waals surface area contributed by atoms with Gasteiger partial charge in [-0.1, -0.05) is 30.4 Å². The Morgan fingerprint density at radius 3 is 3.00 bits per heavy atom. The van der Waals surface area contributed by atoms with Crippen molar-refractivity contribution in [3.05, 3.63) is 54.6 Å². The lowest BCUT2D eigenvalue weighted by atomic mass is 10.2. The van der Waals surface area contributed by atoms with Crippen LogP contribution in [0.15, 0.2) is 49.1 Å². The summed E-state index contributed by atoms with van der Waals surface area (Å²) in [6.45, 7) is 0.818. The van der Waals surface area contributed by atoms with Gasteiger partial charge in [0.1, 0.15) is 5.75 Å². The number of nitrogens with zero attached hydrogens (tertiary/aromatic N) is 2. The van der Waals surface area contributed by atoms with Gasteiger partial charge < -0.3 is 9.30 Å². The average Bonchev–Trinajstić information content (AvgIpc) is 2.83. The van der Waals surface area contributed by atoms with Gasteiger partial charge in [-0.2, -0.15) is 0 Å². The minimum Gasteiger partial charge on any atom is -0.496 e. The summed E-state index contributed by atoms with van der Waals surface area (Å²) in [6, 6.07) is 7.95. The predicted octanol–water partition coefficient (Wildman–Crippen LogP) is 2.61. The second kappa shape index (κ2) is 5.16. The zero-order chi connectivity index (χ0) is 11.2. The molecule has 0 spiro atoms. The molecular formula is C13H14N2O. The molecule has 0 aliphatic rings. The lowest BCUT2D eigenvalue weighted by Gasteiger charge is -2.03. The van der Waals surface area contributed by atoms with Crippen molar-refractivity contribution in [1.82, 2.24) is 9.55 Å². The van der Waals surface area contributed by atoms with E-state index in [0.29, 0.717) is 0 Å². The summed E-state index contributed by atoms with van der Waals surface area (Å²) in [5.74, 6) is 0.893. The fourth-order valence-corrected chi connectivity index (χ4v) is 1.50. The van der Waals surface area contributed by atoms with E-state index in [9.17, 15) is 0 Å². The third-order valence-electron chi connectivity index (χ3n) is 2.31. The number of benzene rings is 1. The van der Waals surface area contributed by atoms with E-state index < -0.39 is 0 Å². The Labute approximate surface area is 95.0 Å². The van der Waals surface area contributed by atoms with E-state index >= 15 is 0 Å². The first-order chi connectivity index (χ1) is 7.90. The highest BCUT2D eigenvalue weighted by Crippen LogP contribution is 2.18. The van der Waals surface area contributed by atoms with Crippen molar-refractivity contribution in [1.29, 1.82) is 0 Å². The van der Waals surface area contributed by atoms with Crippen LogP contribution >= 0.6 is 0 Å². The summed E-state index contributed by atoms with van der Waals surface area (Å²) in [7, 11) is 1.68. The van der Waals surface area contributed by atoms with E-state index in [-0.39, 0.29) is 0 Å². The first-order valence-corrected chi connectivity index (χ1v) is 5.15. The summed E-state index contributed by atoms with van der Waals surface area (Å²) in [6.07, 6.45) is 9.65. The molecule has 0 radical (unpaired) electrons. The van der Waals surface area contributed by atoms with Crippen LogP contribution < -0.4 is 4.74 Å². The molecule has 1 heterocycles. The predicted molar refractivity (Wildman–Crippen MR) is 64.3 cm³/mol. The largest absolute Gasteiger partial charge is 0.496 e. The van der Waals surface area contributed by atoms with Crippen LogP contribution in [0.2, 0.25) is 0 Å². The normalized spacial score (nSPS) is 10.8. The molecule has 1 aromatic carbocycles. The van der Waals surface area contributed by atoms with E-state index in [1.54, 1.807) is 19.6 Å². The Morgan fingerprint density at radius 2 is 2.25 bits per heavy atom. The highest BCUT2D eigenvalue weighted by molar-refractivity contribution is 5.56. The van der Waals surface area contributed by atoms with Gasteiger partial charge in [0.15, 0.2) is 0 Å². The third kappa shape index (κ3) is 2.51. The molecule has 0 bridgehead atoms. The minimum atomic E-state index is 0.818. The van der Waals surface area contributed by atoms with Gasteiger partial charge in [-0.05, 0) is 6.07 Å². The molecule has 82 valence electrons. The van der Waals surface area contributed by atoms with E-state index in [1.807, 2.05) is 35.0 Å². The lowest BCUT2D eigenvalue weighted by Crippen LogP contribution is -1.90. The quantitative estimate of drug-likeness (QED) is 0.782. The minimum absolute atomic E-state index is 0.818. The monoisotopic (exact) mass is 214 g/mol. The summed E-state index contributed by atoms with van der Waals surface area (Å²) in [5.41, 5.74) is 1.09. The van der Waals surface area contributed by atoms with E-state index in [0.717, 1.165) is 17.9 Å². The molecule has 0 saturated carbocycles. The first kappa shape index (κ1) is 10.5. The Bertz CT molecular complexity index is 461. The highest BCUT2D eigenvalue weighted by Gasteiger charge is 1.95. The molecule has 0 fully saturated rings. The number of para-hydroxylation sites is 1. The molecule has 0 aliphatic heterocycles. The number of hydrogen-bond acceptors (Lipinski definition) is 2. The van der Waals surface area contributed by atoms with Crippen molar-refractivity contribution in [2.75, 3.05) is 7.11 Å². The Balaban J connectivity index is 2.05. The molecule has 3 nitrogen and oxygen atoms in total. The number of allylic oxidation sites excluding steroid dienone is 1. The Morgan fingerprint density at radius 1 is 1.38 bits per heavy atom. The van der Waals surface area contributed by atoms with E-state index in [4.69, 9.17) is 4.74 Å². The molecule has 16 heavy (non-hydrogen) atoms. The van der Waals surface area contributed by atoms with Gasteiger partial charge in [0.25, 0.3) is 0 Å². The van der Waals surface area contributed by atoms with Crippen molar-refractivity contribution < 1.29 is 4.74 Å². The molecule has 2 rings (SSSR count). The molecule has 2 aromatic rings. The number of methoxy groups -OCH3 is 1. The maximum absolute atomic E-state index is 5.26. The maximum atomic E-state index is 5.26. The molecule has 3 heteroatoms. The zero-order valence-electron chi connectivity index (χ0n) is 9.21. The molecule has 0 aliphatic carbocycles. The Hall–Kier alpha value is -2.03. The molecule has 0 atom stereocenters. The van der Waals surface area contributed by atoms with Crippen molar-refractivity contribution in [2.45, 2.75) is 6.54 Å². The van der Waals surface area contributed by atoms with Crippen molar-refractivity contribution in [2.24, 2.45) is 0 Å². The first-order valence-electron chi connectivity index (χ1n) is 5.15. The van der Waals surface area contributed by atoms with Crippen LogP contribution in [0.4, 0.5) is 0 Å². The number of rotatable bonds is 4. The second-order valence-corrected chi connectivity index (χ2v) is 3.40. The fraction of sp³-hybridized carbons (Fsp3) is 0.154. The van der Waals surface area contributed by atoms with Gasteiger partial charge in [0.05, 0.1) is 13.4 Å². The highest BCUT2D eigenvalue weighted by atomic mass is 16.5. The van der Waals surface area contributed by atoms with Gasteiger partial charge in [0, 0.05) is 24.5 Å². The van der Waals surface area contributed by atoms with Crippen LogP contribution in [-0.2, 0) is 6.54 Å². The topological polar surface area (TPSA) is 27.1 Å². The van der Waals surface area contributed by atoms with E-state index in [2.05, 4.69) is 17.1 Å². The molecule has 0 amide bonds. The lowest BCUT2D eigenvalue weighted by molar-refractivity contribution is 0.414. The summed E-state index contributed by atoms with van der Waals surface area (Å²) < 4.78 is 7.27. The van der Waals surface area contributed by atoms with E-state index in [1.165, 1.54) is 0 Å². The third-order valence-corrected chi connectivity index (χ3v) is 2.31. The van der Waals surface area contributed by atoms with Gasteiger partial charge >= 0.3 is 0 Å². The SMILES string of the molecule is COc1ccccc1/C=C/Cn1ccnc1. The number of imidazole rings is 1. The molecule has 0 saturated heterocycles. The van der Waals surface area contributed by atoms with Crippen LogP contribution in [0, 0.1) is 0 Å². The Kier molecular flexibility index (Phi) is 3.38. The molecule has 1 aromatic heterocycles. The van der Waals surface area contributed by atoms with Crippen LogP contribution in [0.5, 0.6) is 5.75 Å². The van der Waals surface area contributed by atoms with Gasteiger partial charge in [-0.15, -0.1) is 0 Å². The number of ether oxygens (including phenoxy) is 1. The fourth-order valence-electron chi connectivity index (χ4n) is 1.50. The van der Waals surface area contributed by atoms with Gasteiger partial charge in [-0.25, -0.2) is 4.98 Å². The van der Waals surface area contributed by atoms with Gasteiger partial charge in [-0.3, -0.25) is 0 Å². The van der Waals surface area contributed by atoms with Crippen LogP contribution in [-0.4, -0.2) is 16.7 Å². The molecular weight excluding hydrogens is 200 g/mol.